The second-order valence-corrected chi connectivity index (χ2v) is 4.40. The summed E-state index contributed by atoms with van der Waals surface area (Å²) in [6.45, 7) is 18.3. The molecule has 0 aromatic carbocycles. The molecule has 84 valence electrons. The lowest BCUT2D eigenvalue weighted by Crippen LogP contribution is -2.26. The second kappa shape index (κ2) is 5.69. The minimum absolute atomic E-state index is 0.0340. The standard InChI is InChI=1S/C14H23N/c1-8-9-13(10-15-7)14(6,11(2)3)12(4)5/h8-10,12H,2,7H2,1,3-6H3/b9-8-,13-10+. The van der Waals surface area contributed by atoms with E-state index in [0.29, 0.717) is 5.92 Å². The molecule has 1 atom stereocenters. The van der Waals surface area contributed by atoms with Crippen LogP contribution >= 0.6 is 0 Å². The van der Waals surface area contributed by atoms with Crippen LogP contribution < -0.4 is 0 Å². The van der Waals surface area contributed by atoms with Crippen LogP contribution in [0.15, 0.2) is 41.1 Å². The van der Waals surface area contributed by atoms with E-state index in [4.69, 9.17) is 0 Å². The Morgan fingerprint density at radius 2 is 1.93 bits per heavy atom. The zero-order chi connectivity index (χ0) is 12.1. The highest BCUT2D eigenvalue weighted by Gasteiger charge is 2.32. The van der Waals surface area contributed by atoms with Crippen LogP contribution in [-0.4, -0.2) is 6.72 Å². The molecule has 0 radical (unpaired) electrons. The fourth-order valence-corrected chi connectivity index (χ4v) is 1.70. The summed E-state index contributed by atoms with van der Waals surface area (Å²) in [6, 6.07) is 0. The van der Waals surface area contributed by atoms with Gasteiger partial charge in [0, 0.05) is 11.6 Å². The van der Waals surface area contributed by atoms with E-state index in [2.05, 4.69) is 52.1 Å². The third-order valence-electron chi connectivity index (χ3n) is 3.22. The molecule has 0 rings (SSSR count). The first-order chi connectivity index (χ1) is 6.91. The third-order valence-corrected chi connectivity index (χ3v) is 3.22. The maximum atomic E-state index is 4.10. The first-order valence-corrected chi connectivity index (χ1v) is 5.36. The average Bonchev–Trinajstić information content (AvgIpc) is 2.15. The van der Waals surface area contributed by atoms with E-state index in [9.17, 15) is 0 Å². The Morgan fingerprint density at radius 1 is 1.40 bits per heavy atom. The number of allylic oxidation sites excluding steroid dienone is 4. The molecule has 0 spiro atoms. The van der Waals surface area contributed by atoms with Gasteiger partial charge in [0.2, 0.25) is 0 Å². The Labute approximate surface area is 94.3 Å². The molecule has 1 heteroatoms. The van der Waals surface area contributed by atoms with Gasteiger partial charge in [-0.25, -0.2) is 0 Å². The van der Waals surface area contributed by atoms with Crippen LogP contribution in [0.1, 0.15) is 34.6 Å². The molecule has 0 N–H and O–H groups in total. The summed E-state index contributed by atoms with van der Waals surface area (Å²) in [5, 5.41) is 0. The van der Waals surface area contributed by atoms with Gasteiger partial charge >= 0.3 is 0 Å². The lowest BCUT2D eigenvalue weighted by atomic mass is 9.68. The quantitative estimate of drug-likeness (QED) is 0.359. The van der Waals surface area contributed by atoms with Crippen LogP contribution in [0.2, 0.25) is 0 Å². The van der Waals surface area contributed by atoms with E-state index in [1.54, 1.807) is 0 Å². The normalized spacial score (nSPS) is 16.8. The Kier molecular flexibility index (Phi) is 5.27. The van der Waals surface area contributed by atoms with Crippen molar-refractivity contribution in [1.82, 2.24) is 0 Å². The van der Waals surface area contributed by atoms with Crippen molar-refractivity contribution < 1.29 is 0 Å². The molecule has 15 heavy (non-hydrogen) atoms. The van der Waals surface area contributed by atoms with Crippen molar-refractivity contribution >= 4 is 6.72 Å². The number of rotatable bonds is 5. The molecule has 0 aliphatic heterocycles. The highest BCUT2D eigenvalue weighted by Crippen LogP contribution is 2.42. The zero-order valence-corrected chi connectivity index (χ0v) is 10.7. The number of nitrogens with zero attached hydrogens (tertiary/aromatic N) is 1. The van der Waals surface area contributed by atoms with Crippen LogP contribution in [-0.2, 0) is 0 Å². The third kappa shape index (κ3) is 2.92. The van der Waals surface area contributed by atoms with Crippen LogP contribution in [0.25, 0.3) is 0 Å². The predicted molar refractivity (Wildman–Crippen MR) is 70.2 cm³/mol. The summed E-state index contributed by atoms with van der Waals surface area (Å²) < 4.78 is 0. The zero-order valence-electron chi connectivity index (χ0n) is 10.7. The number of hydrogen-bond donors (Lipinski definition) is 0. The first kappa shape index (κ1) is 13.9. The molecule has 1 unspecified atom stereocenters. The monoisotopic (exact) mass is 205 g/mol. The van der Waals surface area contributed by atoms with Gasteiger partial charge in [0.05, 0.1) is 0 Å². The summed E-state index contributed by atoms with van der Waals surface area (Å²) in [7, 11) is 0. The van der Waals surface area contributed by atoms with Crippen molar-refractivity contribution in [1.29, 1.82) is 0 Å². The highest BCUT2D eigenvalue weighted by atomic mass is 14.6. The predicted octanol–water partition coefficient (Wildman–Crippen LogP) is 4.39. The molecule has 0 fully saturated rings. The summed E-state index contributed by atoms with van der Waals surface area (Å²) >= 11 is 0. The van der Waals surface area contributed by atoms with Crippen LogP contribution in [0.4, 0.5) is 0 Å². The Hall–Kier alpha value is -1.11. The van der Waals surface area contributed by atoms with Crippen LogP contribution in [0.3, 0.4) is 0 Å². The molecule has 0 bridgehead atoms. The van der Waals surface area contributed by atoms with E-state index in [1.807, 2.05) is 19.2 Å². The Morgan fingerprint density at radius 3 is 2.20 bits per heavy atom. The van der Waals surface area contributed by atoms with Gasteiger partial charge in [-0.1, -0.05) is 45.1 Å². The topological polar surface area (TPSA) is 12.4 Å². The Bertz CT molecular complexity index is 294. The molecule has 0 heterocycles. The molecule has 0 aliphatic carbocycles. The van der Waals surface area contributed by atoms with Crippen molar-refractivity contribution in [3.8, 4) is 0 Å². The van der Waals surface area contributed by atoms with Crippen molar-refractivity contribution in [3.63, 3.8) is 0 Å². The van der Waals surface area contributed by atoms with E-state index in [-0.39, 0.29) is 5.41 Å². The lowest BCUT2D eigenvalue weighted by molar-refractivity contribution is 0.344. The smallest absolute Gasteiger partial charge is 0.0301 e. The summed E-state index contributed by atoms with van der Waals surface area (Å²) in [6.07, 6.45) is 5.94. The summed E-state index contributed by atoms with van der Waals surface area (Å²) in [5.74, 6) is 0.485. The molecular formula is C14H23N. The van der Waals surface area contributed by atoms with Gasteiger partial charge in [-0.3, -0.25) is 4.99 Å². The van der Waals surface area contributed by atoms with Crippen molar-refractivity contribution in [2.75, 3.05) is 0 Å². The maximum Gasteiger partial charge on any atom is 0.0301 e. The molecular weight excluding hydrogens is 182 g/mol. The largest absolute Gasteiger partial charge is 0.272 e. The van der Waals surface area contributed by atoms with Gasteiger partial charge < -0.3 is 0 Å². The highest BCUT2D eigenvalue weighted by molar-refractivity contribution is 5.37. The van der Waals surface area contributed by atoms with Crippen molar-refractivity contribution in [3.05, 3.63) is 36.1 Å². The van der Waals surface area contributed by atoms with Crippen LogP contribution in [0, 0.1) is 11.3 Å². The van der Waals surface area contributed by atoms with Gasteiger partial charge in [-0.2, -0.15) is 0 Å². The fourth-order valence-electron chi connectivity index (χ4n) is 1.70. The number of hydrogen-bond acceptors (Lipinski definition) is 1. The minimum atomic E-state index is -0.0340. The second-order valence-electron chi connectivity index (χ2n) is 4.40. The minimum Gasteiger partial charge on any atom is -0.272 e. The summed E-state index contributed by atoms with van der Waals surface area (Å²) in [5.41, 5.74) is 2.29. The van der Waals surface area contributed by atoms with Gasteiger partial charge in [-0.05, 0) is 32.1 Å². The van der Waals surface area contributed by atoms with Gasteiger partial charge in [0.25, 0.3) is 0 Å². The maximum absolute atomic E-state index is 4.10. The van der Waals surface area contributed by atoms with E-state index in [1.165, 1.54) is 5.57 Å². The average molecular weight is 205 g/mol. The van der Waals surface area contributed by atoms with Crippen molar-refractivity contribution in [2.24, 2.45) is 16.3 Å². The number of aliphatic imine (C=N–C) groups is 1. The molecule has 0 amide bonds. The molecule has 0 aliphatic rings. The van der Waals surface area contributed by atoms with Crippen molar-refractivity contribution in [2.45, 2.75) is 34.6 Å². The SMILES string of the molecule is C=N/C=C(\C=C/C)C(C)(C(=C)C)C(C)C. The van der Waals surface area contributed by atoms with E-state index < -0.39 is 0 Å². The lowest BCUT2D eigenvalue weighted by Gasteiger charge is -2.35. The molecule has 0 aromatic rings. The van der Waals surface area contributed by atoms with Crippen LogP contribution in [0.5, 0.6) is 0 Å². The Balaban J connectivity index is 5.48. The summed E-state index contributed by atoms with van der Waals surface area (Å²) in [4.78, 5) is 3.88. The van der Waals surface area contributed by atoms with Gasteiger partial charge in [0.1, 0.15) is 0 Å². The molecule has 1 nitrogen and oxygen atoms in total. The van der Waals surface area contributed by atoms with E-state index >= 15 is 0 Å². The molecule has 0 saturated heterocycles. The molecule has 0 aromatic heterocycles. The van der Waals surface area contributed by atoms with E-state index in [0.717, 1.165) is 5.57 Å². The first-order valence-electron chi connectivity index (χ1n) is 5.36. The van der Waals surface area contributed by atoms with Gasteiger partial charge in [0.15, 0.2) is 0 Å². The molecule has 0 saturated carbocycles. The fraction of sp³-hybridized carbons (Fsp3) is 0.500. The van der Waals surface area contributed by atoms with Gasteiger partial charge in [-0.15, -0.1) is 0 Å².